The summed E-state index contributed by atoms with van der Waals surface area (Å²) in [6.07, 6.45) is 3.73. The Kier molecular flexibility index (Phi) is 10.5. The van der Waals surface area contributed by atoms with Gasteiger partial charge in [-0.25, -0.2) is 28.5 Å². The molecule has 0 aliphatic carbocycles. The Hall–Kier alpha value is -3.44. The topological polar surface area (TPSA) is 113 Å². The van der Waals surface area contributed by atoms with Crippen molar-refractivity contribution in [1.82, 2.24) is 19.9 Å². The molecule has 4 rings (SSSR count). The first-order chi connectivity index (χ1) is 19.3. The van der Waals surface area contributed by atoms with Gasteiger partial charge in [0.05, 0.1) is 12.1 Å². The standard InChI is InChI=1S/C29H38F2N6O3/c1-19-33-26-16-21(30)9-11-24(26)28(34-19)36-25(29(38)39)12-15-37(17-22(31)18-40-2)14-4-3-7-23-10-8-20-6-5-13-32-27(20)35-23/h8-11,16,22,25H,3-7,12-15,17-18H2,1-2H3,(H,32,35)(H,38,39)(H,33,34,36)/t22-,25-/m0/s1. The predicted octanol–water partition coefficient (Wildman–Crippen LogP) is 4.40. The highest BCUT2D eigenvalue weighted by Crippen LogP contribution is 2.23. The first kappa shape index (κ1) is 29.5. The Morgan fingerprint density at radius 1 is 1.20 bits per heavy atom. The minimum atomic E-state index is -1.18. The lowest BCUT2D eigenvalue weighted by Crippen LogP contribution is -2.39. The SMILES string of the molecule is COC[C@@H](F)CN(CCCCc1ccc2c(n1)NCCC2)CC[C@H](Nc1nc(C)nc2cc(F)ccc12)C(=O)O. The van der Waals surface area contributed by atoms with Crippen LogP contribution in [0.4, 0.5) is 20.4 Å². The van der Waals surface area contributed by atoms with Gasteiger partial charge in [-0.2, -0.15) is 0 Å². The van der Waals surface area contributed by atoms with E-state index in [1.165, 1.54) is 30.9 Å². The largest absolute Gasteiger partial charge is 0.480 e. The van der Waals surface area contributed by atoms with Crippen LogP contribution >= 0.6 is 0 Å². The number of carbonyl (C=O) groups is 1. The number of fused-ring (bicyclic) bond motifs is 2. The molecule has 0 saturated heterocycles. The number of pyridine rings is 1. The summed E-state index contributed by atoms with van der Waals surface area (Å²) in [6.45, 7) is 3.73. The van der Waals surface area contributed by atoms with Crippen molar-refractivity contribution in [2.75, 3.05) is 50.5 Å². The molecular weight excluding hydrogens is 518 g/mol. The van der Waals surface area contributed by atoms with Crippen LogP contribution < -0.4 is 10.6 Å². The molecule has 0 bridgehead atoms. The number of ether oxygens (including phenoxy) is 1. The van der Waals surface area contributed by atoms with Gasteiger partial charge < -0.3 is 25.4 Å². The lowest BCUT2D eigenvalue weighted by molar-refractivity contribution is -0.138. The number of aromatic nitrogens is 3. The molecular formula is C29H38F2N6O3. The van der Waals surface area contributed by atoms with E-state index in [1.54, 1.807) is 6.92 Å². The number of aryl methyl sites for hydroxylation is 3. The highest BCUT2D eigenvalue weighted by atomic mass is 19.1. The number of benzene rings is 1. The summed E-state index contributed by atoms with van der Waals surface area (Å²) in [4.78, 5) is 27.5. The van der Waals surface area contributed by atoms with Gasteiger partial charge >= 0.3 is 5.97 Å². The van der Waals surface area contributed by atoms with Gasteiger partial charge in [-0.05, 0) is 75.8 Å². The Labute approximate surface area is 233 Å². The summed E-state index contributed by atoms with van der Waals surface area (Å²) >= 11 is 0. The van der Waals surface area contributed by atoms with Crippen LogP contribution in [0.5, 0.6) is 0 Å². The number of aliphatic carboxylic acids is 1. The first-order valence-electron chi connectivity index (χ1n) is 13.8. The summed E-state index contributed by atoms with van der Waals surface area (Å²) in [6, 6.07) is 7.36. The normalized spacial score (nSPS) is 14.5. The molecule has 3 N–H and O–H groups in total. The molecule has 11 heteroatoms. The molecule has 0 amide bonds. The van der Waals surface area contributed by atoms with E-state index in [9.17, 15) is 18.7 Å². The second-order valence-electron chi connectivity index (χ2n) is 10.3. The second kappa shape index (κ2) is 14.3. The van der Waals surface area contributed by atoms with Crippen molar-refractivity contribution < 1.29 is 23.4 Å². The molecule has 9 nitrogen and oxygen atoms in total. The molecule has 3 aromatic rings. The number of anilines is 2. The number of nitrogens with zero attached hydrogens (tertiary/aromatic N) is 4. The Balaban J connectivity index is 1.36. The molecule has 1 aliphatic rings. The lowest BCUT2D eigenvalue weighted by atomic mass is 10.1. The number of rotatable bonds is 15. The fraction of sp³-hybridized carbons (Fsp3) is 0.517. The van der Waals surface area contributed by atoms with E-state index >= 15 is 0 Å². The zero-order valence-corrected chi connectivity index (χ0v) is 23.1. The van der Waals surface area contributed by atoms with Gasteiger partial charge in [-0.15, -0.1) is 0 Å². The van der Waals surface area contributed by atoms with Crippen molar-refractivity contribution in [1.29, 1.82) is 0 Å². The second-order valence-corrected chi connectivity index (χ2v) is 10.3. The van der Waals surface area contributed by atoms with Crippen molar-refractivity contribution in [2.45, 2.75) is 57.7 Å². The van der Waals surface area contributed by atoms with Crippen LogP contribution in [-0.2, 0) is 22.4 Å². The zero-order chi connectivity index (χ0) is 28.5. The maximum Gasteiger partial charge on any atom is 0.326 e. The van der Waals surface area contributed by atoms with E-state index in [0.717, 1.165) is 50.2 Å². The fourth-order valence-electron chi connectivity index (χ4n) is 5.02. The van der Waals surface area contributed by atoms with Crippen LogP contribution in [0.1, 0.15) is 42.8 Å². The van der Waals surface area contributed by atoms with Crippen molar-refractivity contribution >= 4 is 28.5 Å². The molecule has 1 aliphatic heterocycles. The summed E-state index contributed by atoms with van der Waals surface area (Å²) in [5.41, 5.74) is 2.68. The number of carboxylic acid groups (broad SMARTS) is 1. The molecule has 0 unspecified atom stereocenters. The average Bonchev–Trinajstić information content (AvgIpc) is 2.92. The Morgan fingerprint density at radius 3 is 2.85 bits per heavy atom. The van der Waals surface area contributed by atoms with Crippen molar-refractivity contribution in [3.63, 3.8) is 0 Å². The molecule has 216 valence electrons. The number of halogens is 2. The van der Waals surface area contributed by atoms with E-state index in [2.05, 4.69) is 32.7 Å². The van der Waals surface area contributed by atoms with Crippen LogP contribution in [-0.4, -0.2) is 83.0 Å². The third-order valence-corrected chi connectivity index (χ3v) is 7.03. The van der Waals surface area contributed by atoms with Crippen molar-refractivity contribution in [2.24, 2.45) is 0 Å². The molecule has 2 aromatic heterocycles. The Morgan fingerprint density at radius 2 is 2.05 bits per heavy atom. The molecule has 3 heterocycles. The maximum absolute atomic E-state index is 14.5. The third kappa shape index (κ3) is 8.28. The van der Waals surface area contributed by atoms with Crippen LogP contribution in [0.15, 0.2) is 30.3 Å². The monoisotopic (exact) mass is 556 g/mol. The minimum Gasteiger partial charge on any atom is -0.480 e. The minimum absolute atomic E-state index is 0.0219. The summed E-state index contributed by atoms with van der Waals surface area (Å²) in [5.74, 6) is 0.228. The number of alkyl halides is 1. The van der Waals surface area contributed by atoms with E-state index in [1.807, 2.05) is 4.90 Å². The smallest absolute Gasteiger partial charge is 0.326 e. The predicted molar refractivity (Wildman–Crippen MR) is 151 cm³/mol. The zero-order valence-electron chi connectivity index (χ0n) is 23.1. The van der Waals surface area contributed by atoms with Crippen LogP contribution in [0.3, 0.4) is 0 Å². The molecule has 40 heavy (non-hydrogen) atoms. The number of hydrogen-bond acceptors (Lipinski definition) is 8. The van der Waals surface area contributed by atoms with E-state index in [-0.39, 0.29) is 19.6 Å². The van der Waals surface area contributed by atoms with E-state index in [4.69, 9.17) is 9.72 Å². The van der Waals surface area contributed by atoms with Gasteiger partial charge in [-0.1, -0.05) is 6.07 Å². The van der Waals surface area contributed by atoms with Gasteiger partial charge in [0.2, 0.25) is 0 Å². The molecule has 0 radical (unpaired) electrons. The summed E-state index contributed by atoms with van der Waals surface area (Å²) < 4.78 is 33.2. The number of unbranched alkanes of at least 4 members (excludes halogenated alkanes) is 1. The summed E-state index contributed by atoms with van der Waals surface area (Å²) in [7, 11) is 1.46. The highest BCUT2D eigenvalue weighted by Gasteiger charge is 2.22. The molecule has 0 spiro atoms. The summed E-state index contributed by atoms with van der Waals surface area (Å²) in [5, 5.41) is 16.8. The molecule has 0 fully saturated rings. The maximum atomic E-state index is 14.5. The fourth-order valence-corrected chi connectivity index (χ4v) is 5.02. The molecule has 2 atom stereocenters. The number of carboxylic acids is 1. The molecule has 1 aromatic carbocycles. The van der Waals surface area contributed by atoms with Gasteiger partial charge in [0.1, 0.15) is 35.5 Å². The van der Waals surface area contributed by atoms with Gasteiger partial charge in [0, 0.05) is 43.9 Å². The van der Waals surface area contributed by atoms with E-state index in [0.29, 0.717) is 35.6 Å². The van der Waals surface area contributed by atoms with Crippen LogP contribution in [0.2, 0.25) is 0 Å². The first-order valence-corrected chi connectivity index (χ1v) is 13.8. The number of methoxy groups -OCH3 is 1. The Bertz CT molecular complexity index is 1290. The quantitative estimate of drug-likeness (QED) is 0.235. The average molecular weight is 557 g/mol. The van der Waals surface area contributed by atoms with E-state index < -0.39 is 24.0 Å². The van der Waals surface area contributed by atoms with Crippen molar-refractivity contribution in [3.8, 4) is 0 Å². The number of nitrogens with one attached hydrogen (secondary N) is 2. The van der Waals surface area contributed by atoms with Gasteiger partial charge in [-0.3, -0.25) is 0 Å². The van der Waals surface area contributed by atoms with Gasteiger partial charge in [0.15, 0.2) is 0 Å². The molecule has 0 saturated carbocycles. The van der Waals surface area contributed by atoms with Crippen molar-refractivity contribution in [3.05, 3.63) is 53.2 Å². The number of hydrogen-bond donors (Lipinski definition) is 3. The van der Waals surface area contributed by atoms with Crippen LogP contribution in [0, 0.1) is 12.7 Å². The van der Waals surface area contributed by atoms with Gasteiger partial charge in [0.25, 0.3) is 0 Å². The third-order valence-electron chi connectivity index (χ3n) is 7.03. The van der Waals surface area contributed by atoms with Crippen LogP contribution in [0.25, 0.3) is 10.9 Å². The lowest BCUT2D eigenvalue weighted by Gasteiger charge is -2.26. The highest BCUT2D eigenvalue weighted by molar-refractivity contribution is 5.91.